The molecule has 3 heteroatoms. The van der Waals surface area contributed by atoms with Gasteiger partial charge in [0.15, 0.2) is 0 Å². The SMILES string of the molecule is CC(=O)O.CC=CCCCCCCCCCO. The van der Waals surface area contributed by atoms with Gasteiger partial charge < -0.3 is 10.2 Å². The largest absolute Gasteiger partial charge is 0.481 e. The van der Waals surface area contributed by atoms with Crippen LogP contribution < -0.4 is 0 Å². The lowest BCUT2D eigenvalue weighted by Crippen LogP contribution is -1.83. The highest BCUT2D eigenvalue weighted by atomic mass is 16.4. The molecule has 3 nitrogen and oxygen atoms in total. The molecule has 0 radical (unpaired) electrons. The molecule has 0 aromatic rings. The summed E-state index contributed by atoms with van der Waals surface area (Å²) in [7, 11) is 0. The third-order valence-corrected chi connectivity index (χ3v) is 2.26. The number of carboxylic acids is 1. The second-order valence-corrected chi connectivity index (χ2v) is 4.08. The van der Waals surface area contributed by atoms with Crippen molar-refractivity contribution in [1.29, 1.82) is 0 Å². The molecule has 0 bridgehead atoms. The first kappa shape index (κ1) is 18.5. The maximum absolute atomic E-state index is 9.00. The molecule has 102 valence electrons. The molecule has 0 aliphatic rings. The Morgan fingerprint density at radius 2 is 1.41 bits per heavy atom. The minimum atomic E-state index is -0.833. The Morgan fingerprint density at radius 3 is 1.82 bits per heavy atom. The summed E-state index contributed by atoms with van der Waals surface area (Å²) in [5.41, 5.74) is 0. The average Bonchev–Trinajstić information content (AvgIpc) is 2.26. The fourth-order valence-electron chi connectivity index (χ4n) is 1.42. The van der Waals surface area contributed by atoms with Gasteiger partial charge in [-0.05, 0) is 26.2 Å². The third-order valence-electron chi connectivity index (χ3n) is 2.26. The first-order valence-electron chi connectivity index (χ1n) is 6.56. The van der Waals surface area contributed by atoms with Crippen molar-refractivity contribution in [1.82, 2.24) is 0 Å². The highest BCUT2D eigenvalue weighted by molar-refractivity contribution is 5.62. The number of carboxylic acid groups (broad SMARTS) is 1. The zero-order chi connectivity index (χ0) is 13.4. The van der Waals surface area contributed by atoms with Crippen LogP contribution >= 0.6 is 0 Å². The number of aliphatic carboxylic acids is 1. The summed E-state index contributed by atoms with van der Waals surface area (Å²) in [6.45, 7) is 3.52. The maximum Gasteiger partial charge on any atom is 0.300 e. The number of rotatable bonds is 9. The van der Waals surface area contributed by atoms with Crippen LogP contribution in [0.2, 0.25) is 0 Å². The predicted molar refractivity (Wildman–Crippen MR) is 72.1 cm³/mol. The van der Waals surface area contributed by atoms with Crippen molar-refractivity contribution in [3.05, 3.63) is 12.2 Å². The normalized spacial score (nSPS) is 10.1. The highest BCUT2D eigenvalue weighted by Gasteiger charge is 1.89. The van der Waals surface area contributed by atoms with Gasteiger partial charge in [0.05, 0.1) is 0 Å². The van der Waals surface area contributed by atoms with Gasteiger partial charge in [-0.2, -0.15) is 0 Å². The highest BCUT2D eigenvalue weighted by Crippen LogP contribution is 2.08. The van der Waals surface area contributed by atoms with E-state index in [4.69, 9.17) is 15.0 Å². The molecule has 2 N–H and O–H groups in total. The molecule has 17 heavy (non-hydrogen) atoms. The van der Waals surface area contributed by atoms with Crippen molar-refractivity contribution in [3.8, 4) is 0 Å². The van der Waals surface area contributed by atoms with Crippen LogP contribution in [0.15, 0.2) is 12.2 Å². The molecule has 0 aromatic heterocycles. The second kappa shape index (κ2) is 17.6. The fraction of sp³-hybridized carbons (Fsp3) is 0.786. The van der Waals surface area contributed by atoms with Crippen LogP contribution in [-0.4, -0.2) is 22.8 Å². The van der Waals surface area contributed by atoms with E-state index in [1.54, 1.807) is 0 Å². The van der Waals surface area contributed by atoms with E-state index in [-0.39, 0.29) is 0 Å². The van der Waals surface area contributed by atoms with Crippen molar-refractivity contribution in [2.45, 2.75) is 65.2 Å². The molecule has 0 rings (SSSR count). The number of allylic oxidation sites excluding steroid dienone is 2. The number of carbonyl (C=O) groups is 1. The van der Waals surface area contributed by atoms with Crippen LogP contribution in [-0.2, 0) is 4.79 Å². The van der Waals surface area contributed by atoms with Gasteiger partial charge in [-0.15, -0.1) is 0 Å². The molecule has 0 saturated heterocycles. The van der Waals surface area contributed by atoms with Crippen LogP contribution in [0.3, 0.4) is 0 Å². The van der Waals surface area contributed by atoms with E-state index in [1.807, 2.05) is 0 Å². The summed E-state index contributed by atoms with van der Waals surface area (Å²) in [5, 5.41) is 16.0. The Hall–Kier alpha value is -0.830. The van der Waals surface area contributed by atoms with Gasteiger partial charge in [-0.1, -0.05) is 44.3 Å². The Labute approximate surface area is 106 Å². The fourth-order valence-corrected chi connectivity index (χ4v) is 1.42. The smallest absolute Gasteiger partial charge is 0.300 e. The van der Waals surface area contributed by atoms with Gasteiger partial charge in [0.1, 0.15) is 0 Å². The lowest BCUT2D eigenvalue weighted by atomic mass is 10.1. The number of aliphatic hydroxyl groups excluding tert-OH is 1. The summed E-state index contributed by atoms with van der Waals surface area (Å²) in [5.74, 6) is -0.833. The molecule has 0 unspecified atom stereocenters. The minimum Gasteiger partial charge on any atom is -0.481 e. The number of hydrogen-bond donors (Lipinski definition) is 2. The Morgan fingerprint density at radius 1 is 1.00 bits per heavy atom. The second-order valence-electron chi connectivity index (χ2n) is 4.08. The summed E-state index contributed by atoms with van der Waals surface area (Å²) in [4.78, 5) is 9.00. The third kappa shape index (κ3) is 31.3. The van der Waals surface area contributed by atoms with E-state index < -0.39 is 5.97 Å². The molecule has 0 aliphatic heterocycles. The van der Waals surface area contributed by atoms with Crippen LogP contribution in [0.5, 0.6) is 0 Å². The van der Waals surface area contributed by atoms with E-state index in [9.17, 15) is 0 Å². The van der Waals surface area contributed by atoms with Crippen molar-refractivity contribution in [2.75, 3.05) is 6.61 Å². The van der Waals surface area contributed by atoms with Gasteiger partial charge in [0.2, 0.25) is 0 Å². The topological polar surface area (TPSA) is 57.5 Å². The molecule has 0 heterocycles. The monoisotopic (exact) mass is 244 g/mol. The lowest BCUT2D eigenvalue weighted by molar-refractivity contribution is -0.134. The Bertz CT molecular complexity index is 172. The van der Waals surface area contributed by atoms with Gasteiger partial charge in [-0.25, -0.2) is 0 Å². The van der Waals surface area contributed by atoms with Crippen molar-refractivity contribution >= 4 is 5.97 Å². The van der Waals surface area contributed by atoms with Crippen molar-refractivity contribution in [2.24, 2.45) is 0 Å². The predicted octanol–water partition coefficient (Wildman–Crippen LogP) is 3.77. The summed E-state index contributed by atoms with van der Waals surface area (Å²) in [6.07, 6.45) is 14.5. The van der Waals surface area contributed by atoms with Crippen LogP contribution in [0.1, 0.15) is 65.2 Å². The molecule has 0 saturated carbocycles. The first-order valence-corrected chi connectivity index (χ1v) is 6.56. The molecule has 0 aromatic carbocycles. The Kier molecular flexibility index (Phi) is 19.1. The zero-order valence-electron chi connectivity index (χ0n) is 11.3. The average molecular weight is 244 g/mol. The standard InChI is InChI=1S/C12H24O.C2H4O2/c1-2-3-4-5-6-7-8-9-10-11-12-13;1-2(3)4/h2-3,13H,4-12H2,1H3;1H3,(H,3,4). The first-order chi connectivity index (χ1) is 8.15. The van der Waals surface area contributed by atoms with E-state index in [0.717, 1.165) is 13.3 Å². The van der Waals surface area contributed by atoms with Gasteiger partial charge >= 0.3 is 0 Å². The summed E-state index contributed by atoms with van der Waals surface area (Å²) >= 11 is 0. The summed E-state index contributed by atoms with van der Waals surface area (Å²) in [6, 6.07) is 0. The zero-order valence-corrected chi connectivity index (χ0v) is 11.3. The molecule has 0 atom stereocenters. The number of aliphatic hydroxyl groups is 1. The van der Waals surface area contributed by atoms with Crippen LogP contribution in [0, 0.1) is 0 Å². The number of unbranched alkanes of at least 4 members (excludes halogenated alkanes) is 7. The van der Waals surface area contributed by atoms with Gasteiger partial charge in [0.25, 0.3) is 5.97 Å². The van der Waals surface area contributed by atoms with Gasteiger partial charge in [-0.3, -0.25) is 4.79 Å². The van der Waals surface area contributed by atoms with E-state index in [1.165, 1.54) is 44.9 Å². The van der Waals surface area contributed by atoms with Crippen molar-refractivity contribution < 1.29 is 15.0 Å². The van der Waals surface area contributed by atoms with Gasteiger partial charge in [0, 0.05) is 13.5 Å². The van der Waals surface area contributed by atoms with E-state index >= 15 is 0 Å². The molecule has 0 aliphatic carbocycles. The molecular weight excluding hydrogens is 216 g/mol. The maximum atomic E-state index is 9.00. The van der Waals surface area contributed by atoms with E-state index in [2.05, 4.69) is 19.1 Å². The molecule has 0 spiro atoms. The molecular formula is C14H28O3. The minimum absolute atomic E-state index is 0.362. The molecule has 0 amide bonds. The van der Waals surface area contributed by atoms with E-state index in [0.29, 0.717) is 6.61 Å². The Balaban J connectivity index is 0. The molecule has 0 fully saturated rings. The van der Waals surface area contributed by atoms with Crippen LogP contribution in [0.4, 0.5) is 0 Å². The number of hydrogen-bond acceptors (Lipinski definition) is 2. The summed E-state index contributed by atoms with van der Waals surface area (Å²) < 4.78 is 0. The van der Waals surface area contributed by atoms with Crippen molar-refractivity contribution in [3.63, 3.8) is 0 Å². The lowest BCUT2D eigenvalue weighted by Gasteiger charge is -1.99. The quantitative estimate of drug-likeness (QED) is 0.479. The van der Waals surface area contributed by atoms with Crippen LogP contribution in [0.25, 0.3) is 0 Å².